The summed E-state index contributed by atoms with van der Waals surface area (Å²) in [5.41, 5.74) is 15.2. The van der Waals surface area contributed by atoms with Crippen molar-refractivity contribution >= 4 is 33.2 Å². The Kier molecular flexibility index (Phi) is 8.46. The van der Waals surface area contributed by atoms with Gasteiger partial charge in [-0.25, -0.2) is 9.69 Å². The van der Waals surface area contributed by atoms with Crippen molar-refractivity contribution in [2.45, 2.75) is 27.7 Å². The fraction of sp³-hybridized carbons (Fsp3) is 0.109. The van der Waals surface area contributed by atoms with Crippen LogP contribution in [0.4, 0.5) is 11.4 Å². The van der Waals surface area contributed by atoms with Crippen molar-refractivity contribution in [2.24, 2.45) is 0 Å². The van der Waals surface area contributed by atoms with Crippen LogP contribution in [0.5, 0.6) is 11.5 Å². The molecular weight excluding hydrogens is 655 g/mol. The van der Waals surface area contributed by atoms with Gasteiger partial charge >= 0.3 is 0 Å². The highest BCUT2D eigenvalue weighted by molar-refractivity contribution is 6.01. The summed E-state index contributed by atoms with van der Waals surface area (Å²) < 4.78 is 15.3. The second kappa shape index (κ2) is 13.6. The lowest BCUT2D eigenvalue weighted by Gasteiger charge is -2.08. The monoisotopic (exact) mass is 689 g/mol. The highest BCUT2D eigenvalue weighted by atomic mass is 16.7. The first kappa shape index (κ1) is 33.1. The van der Waals surface area contributed by atoms with Crippen LogP contribution < -0.4 is 9.47 Å². The SMILES string of the molecule is [C-]#[N+]c1ccc2c(c1)c(-c1cccc(C)c1C)cn2-c1ccc2c(c1)OCO2.[C-]#[N+]c1ccc2c(c1)c(-c1cccc(C)c1C)cn2-c1ccncc1. The van der Waals surface area contributed by atoms with Gasteiger partial charge in [0.2, 0.25) is 6.79 Å². The van der Waals surface area contributed by atoms with E-state index in [1.807, 2.05) is 66.7 Å². The average Bonchev–Trinajstić information content (AvgIpc) is 3.92. The molecule has 0 N–H and O–H groups in total. The fourth-order valence-electron chi connectivity index (χ4n) is 7.06. The molecule has 7 nitrogen and oxygen atoms in total. The smallest absolute Gasteiger partial charge is 0.231 e. The van der Waals surface area contributed by atoms with Gasteiger partial charge in [-0.3, -0.25) is 4.98 Å². The number of aryl methyl sites for hydroxylation is 2. The summed E-state index contributed by atoms with van der Waals surface area (Å²) in [7, 11) is 0. The van der Waals surface area contributed by atoms with Gasteiger partial charge in [0.1, 0.15) is 0 Å². The lowest BCUT2D eigenvalue weighted by Crippen LogP contribution is -1.93. The molecule has 0 amide bonds. The lowest BCUT2D eigenvalue weighted by molar-refractivity contribution is 0.174. The normalized spacial score (nSPS) is 11.6. The highest BCUT2D eigenvalue weighted by Crippen LogP contribution is 2.40. The van der Waals surface area contributed by atoms with Gasteiger partial charge < -0.3 is 18.6 Å². The van der Waals surface area contributed by atoms with Crippen molar-refractivity contribution in [3.8, 4) is 45.1 Å². The lowest BCUT2D eigenvalue weighted by atomic mass is 9.97. The van der Waals surface area contributed by atoms with Crippen molar-refractivity contribution in [1.82, 2.24) is 14.1 Å². The number of rotatable bonds is 4. The number of fused-ring (bicyclic) bond motifs is 3. The van der Waals surface area contributed by atoms with E-state index in [0.717, 1.165) is 55.8 Å². The van der Waals surface area contributed by atoms with Crippen LogP contribution in [0.1, 0.15) is 22.3 Å². The van der Waals surface area contributed by atoms with E-state index < -0.39 is 0 Å². The predicted molar refractivity (Wildman–Crippen MR) is 213 cm³/mol. The zero-order chi connectivity index (χ0) is 36.6. The largest absolute Gasteiger partial charge is 0.454 e. The zero-order valence-electron chi connectivity index (χ0n) is 29.9. The van der Waals surface area contributed by atoms with E-state index >= 15 is 0 Å². The third kappa shape index (κ3) is 5.95. The second-order valence-corrected chi connectivity index (χ2v) is 13.2. The van der Waals surface area contributed by atoms with E-state index in [4.69, 9.17) is 22.6 Å². The van der Waals surface area contributed by atoms with E-state index in [-0.39, 0.29) is 6.79 Å². The molecule has 0 radical (unpaired) electrons. The van der Waals surface area contributed by atoms with Crippen molar-refractivity contribution in [2.75, 3.05) is 6.79 Å². The van der Waals surface area contributed by atoms with Gasteiger partial charge in [0.05, 0.1) is 24.2 Å². The maximum atomic E-state index is 7.41. The molecule has 3 aromatic heterocycles. The first-order valence-electron chi connectivity index (χ1n) is 17.3. The molecule has 0 bridgehead atoms. The van der Waals surface area contributed by atoms with Gasteiger partial charge in [-0.05, 0) is 120 Å². The Morgan fingerprint density at radius 2 is 1.08 bits per heavy atom. The van der Waals surface area contributed by atoms with E-state index in [9.17, 15) is 0 Å². The molecule has 9 rings (SSSR count). The summed E-state index contributed by atoms with van der Waals surface area (Å²) in [6.45, 7) is 23.6. The van der Waals surface area contributed by atoms with E-state index in [2.05, 4.69) is 100 Å². The summed E-state index contributed by atoms with van der Waals surface area (Å²) in [6, 6.07) is 34.4. The summed E-state index contributed by atoms with van der Waals surface area (Å²) >= 11 is 0. The molecule has 0 atom stereocenters. The van der Waals surface area contributed by atoms with Gasteiger partial charge in [-0.1, -0.05) is 48.5 Å². The molecule has 4 heterocycles. The van der Waals surface area contributed by atoms with Gasteiger partial charge in [-0.2, -0.15) is 0 Å². The number of pyridine rings is 1. The van der Waals surface area contributed by atoms with Crippen molar-refractivity contribution in [1.29, 1.82) is 0 Å². The molecule has 0 saturated heterocycles. The Hall–Kier alpha value is -7.09. The Balaban J connectivity index is 0.000000152. The average molecular weight is 690 g/mol. The van der Waals surface area contributed by atoms with Crippen molar-refractivity contribution in [3.05, 3.63) is 173 Å². The van der Waals surface area contributed by atoms with Crippen molar-refractivity contribution < 1.29 is 9.47 Å². The molecule has 0 spiro atoms. The summed E-state index contributed by atoms with van der Waals surface area (Å²) in [4.78, 5) is 11.4. The van der Waals surface area contributed by atoms with Crippen LogP contribution in [0, 0.1) is 40.8 Å². The van der Waals surface area contributed by atoms with Crippen molar-refractivity contribution in [3.63, 3.8) is 0 Å². The molecule has 1 aliphatic rings. The molecule has 256 valence electrons. The maximum absolute atomic E-state index is 7.41. The predicted octanol–water partition coefficient (Wildman–Crippen LogP) is 12.1. The van der Waals surface area contributed by atoms with Crippen LogP contribution >= 0.6 is 0 Å². The van der Waals surface area contributed by atoms with Crippen LogP contribution in [0.3, 0.4) is 0 Å². The third-order valence-electron chi connectivity index (χ3n) is 10.2. The Morgan fingerprint density at radius 1 is 0.547 bits per heavy atom. The fourth-order valence-corrected chi connectivity index (χ4v) is 7.06. The summed E-state index contributed by atoms with van der Waals surface area (Å²) in [6.07, 6.45) is 7.91. The molecular formula is C46H35N5O2. The van der Waals surface area contributed by atoms with Gasteiger partial charge in [-0.15, -0.1) is 0 Å². The van der Waals surface area contributed by atoms with Gasteiger partial charge in [0, 0.05) is 53.4 Å². The van der Waals surface area contributed by atoms with Crippen LogP contribution in [0.15, 0.2) is 128 Å². The summed E-state index contributed by atoms with van der Waals surface area (Å²) in [5.74, 6) is 1.52. The topological polar surface area (TPSA) is 49.9 Å². The second-order valence-electron chi connectivity index (χ2n) is 13.2. The molecule has 0 saturated carbocycles. The number of aromatic nitrogens is 3. The minimum absolute atomic E-state index is 0.257. The number of ether oxygens (including phenoxy) is 2. The highest BCUT2D eigenvalue weighted by Gasteiger charge is 2.18. The quantitative estimate of drug-likeness (QED) is 0.173. The molecule has 5 aromatic carbocycles. The Morgan fingerprint density at radius 3 is 1.62 bits per heavy atom. The molecule has 1 aliphatic heterocycles. The molecule has 0 unspecified atom stereocenters. The van der Waals surface area contributed by atoms with Gasteiger partial charge in [0.25, 0.3) is 0 Å². The molecule has 0 fully saturated rings. The van der Waals surface area contributed by atoms with Gasteiger partial charge in [0.15, 0.2) is 22.9 Å². The minimum atomic E-state index is 0.257. The number of hydrogen-bond acceptors (Lipinski definition) is 3. The molecule has 0 aliphatic carbocycles. The number of benzene rings is 5. The van der Waals surface area contributed by atoms with E-state index in [1.54, 1.807) is 12.4 Å². The summed E-state index contributed by atoms with van der Waals surface area (Å²) in [5, 5.41) is 2.17. The van der Waals surface area contributed by atoms with E-state index in [0.29, 0.717) is 11.4 Å². The van der Waals surface area contributed by atoms with Crippen LogP contribution in [0.25, 0.3) is 65.1 Å². The molecule has 7 heteroatoms. The zero-order valence-corrected chi connectivity index (χ0v) is 29.9. The first-order valence-corrected chi connectivity index (χ1v) is 17.3. The van der Waals surface area contributed by atoms with Crippen LogP contribution in [0.2, 0.25) is 0 Å². The first-order chi connectivity index (χ1) is 25.8. The maximum Gasteiger partial charge on any atom is 0.231 e. The number of nitrogens with zero attached hydrogens (tertiary/aromatic N) is 5. The molecule has 53 heavy (non-hydrogen) atoms. The van der Waals surface area contributed by atoms with Crippen LogP contribution in [-0.4, -0.2) is 20.9 Å². The van der Waals surface area contributed by atoms with Crippen LogP contribution in [-0.2, 0) is 0 Å². The minimum Gasteiger partial charge on any atom is -0.454 e. The Bertz CT molecular complexity index is 2780. The number of hydrogen-bond donors (Lipinski definition) is 0. The standard InChI is InChI=1S/C24H18N2O2.C22H17N3/c1-15-5-4-6-19(16(15)2)21-13-26(22-9-7-17(25-3)11-20(21)22)18-8-10-23-24(12-18)28-14-27-23;1-15-5-4-6-19(16(15)2)21-14-25(18-9-11-24-12-10-18)22-8-7-17(23-3)13-20(21)22/h4-13H,14H2,1-2H3;4-14H,1-2H3. The Labute approximate surface area is 308 Å². The van der Waals surface area contributed by atoms with E-state index in [1.165, 1.54) is 33.4 Å². The molecule has 8 aromatic rings. The third-order valence-corrected chi connectivity index (χ3v) is 10.2.